The first-order chi connectivity index (χ1) is 8.66. The molecule has 0 atom stereocenters. The third-order valence-corrected chi connectivity index (χ3v) is 2.77. The lowest BCUT2D eigenvalue weighted by atomic mass is 10.2. The lowest BCUT2D eigenvalue weighted by Crippen LogP contribution is -2.35. The van der Waals surface area contributed by atoms with Crippen molar-refractivity contribution < 1.29 is 14.7 Å². The summed E-state index contributed by atoms with van der Waals surface area (Å²) in [5.41, 5.74) is 0.406. The molecule has 3 N–H and O–H groups in total. The summed E-state index contributed by atoms with van der Waals surface area (Å²) < 4.78 is 0. The molecule has 0 heterocycles. The van der Waals surface area contributed by atoms with E-state index in [1.165, 1.54) is 12.1 Å². The van der Waals surface area contributed by atoms with Crippen LogP contribution in [0.3, 0.4) is 0 Å². The van der Waals surface area contributed by atoms with Gasteiger partial charge in [-0.15, -0.1) is 0 Å². The van der Waals surface area contributed by atoms with Gasteiger partial charge in [-0.05, 0) is 31.0 Å². The van der Waals surface area contributed by atoms with Gasteiger partial charge in [0, 0.05) is 24.6 Å². The van der Waals surface area contributed by atoms with Gasteiger partial charge in [0.05, 0.1) is 0 Å². The minimum absolute atomic E-state index is 0.0599. The number of hydrogen-bond donors (Lipinski definition) is 3. The summed E-state index contributed by atoms with van der Waals surface area (Å²) in [7, 11) is 0. The van der Waals surface area contributed by atoms with Crippen LogP contribution in [0.4, 0.5) is 0 Å². The van der Waals surface area contributed by atoms with Crippen LogP contribution in [0, 0.1) is 5.92 Å². The molecule has 5 nitrogen and oxygen atoms in total. The molecule has 1 aromatic rings. The number of rotatable bonds is 5. The maximum absolute atomic E-state index is 11.7. The van der Waals surface area contributed by atoms with E-state index in [0.29, 0.717) is 18.7 Å². The molecule has 0 unspecified atom stereocenters. The fourth-order valence-electron chi connectivity index (χ4n) is 1.60. The van der Waals surface area contributed by atoms with Crippen molar-refractivity contribution in [2.24, 2.45) is 5.92 Å². The third-order valence-electron chi connectivity index (χ3n) is 2.77. The first kappa shape index (κ1) is 12.4. The van der Waals surface area contributed by atoms with Crippen LogP contribution in [0.2, 0.25) is 0 Å². The summed E-state index contributed by atoms with van der Waals surface area (Å²) in [6.07, 6.45) is 1.95. The van der Waals surface area contributed by atoms with Crippen LogP contribution in [-0.2, 0) is 4.79 Å². The molecule has 1 aliphatic carbocycles. The monoisotopic (exact) mass is 248 g/mol. The van der Waals surface area contributed by atoms with E-state index in [0.717, 1.165) is 12.8 Å². The Morgan fingerprint density at radius 2 is 1.94 bits per heavy atom. The second kappa shape index (κ2) is 5.53. The summed E-state index contributed by atoms with van der Waals surface area (Å²) >= 11 is 0. The second-order valence-corrected chi connectivity index (χ2v) is 4.37. The molecule has 0 radical (unpaired) electrons. The van der Waals surface area contributed by atoms with Gasteiger partial charge >= 0.3 is 0 Å². The van der Waals surface area contributed by atoms with E-state index in [9.17, 15) is 14.7 Å². The number of benzene rings is 1. The zero-order valence-electron chi connectivity index (χ0n) is 9.98. The van der Waals surface area contributed by atoms with Gasteiger partial charge in [0.25, 0.3) is 5.91 Å². The van der Waals surface area contributed by atoms with Crippen LogP contribution in [0.1, 0.15) is 23.2 Å². The first-order valence-corrected chi connectivity index (χ1v) is 6.02. The van der Waals surface area contributed by atoms with Crippen LogP contribution >= 0.6 is 0 Å². The van der Waals surface area contributed by atoms with Crippen molar-refractivity contribution in [1.82, 2.24) is 10.6 Å². The molecule has 1 aliphatic rings. The number of phenolic OH excluding ortho intramolecular Hbond substituents is 1. The highest BCUT2D eigenvalue weighted by Crippen LogP contribution is 2.28. The van der Waals surface area contributed by atoms with Crippen LogP contribution < -0.4 is 10.6 Å². The number of carbonyl (C=O) groups excluding carboxylic acids is 2. The van der Waals surface area contributed by atoms with Gasteiger partial charge in [-0.25, -0.2) is 0 Å². The van der Waals surface area contributed by atoms with E-state index in [4.69, 9.17) is 0 Å². The average Bonchev–Trinajstić information content (AvgIpc) is 3.18. The Balaban J connectivity index is 1.69. The van der Waals surface area contributed by atoms with E-state index in [-0.39, 0.29) is 23.5 Å². The topological polar surface area (TPSA) is 78.4 Å². The third kappa shape index (κ3) is 3.48. The van der Waals surface area contributed by atoms with Crippen molar-refractivity contribution in [1.29, 1.82) is 0 Å². The highest BCUT2D eigenvalue weighted by Gasteiger charge is 2.28. The minimum Gasteiger partial charge on any atom is -0.508 e. The van der Waals surface area contributed by atoms with Crippen LogP contribution in [0.15, 0.2) is 24.3 Å². The molecule has 5 heteroatoms. The molecule has 0 spiro atoms. The van der Waals surface area contributed by atoms with E-state index >= 15 is 0 Å². The molecule has 0 aromatic heterocycles. The number of phenols is 1. The quantitative estimate of drug-likeness (QED) is 0.669. The molecule has 0 aliphatic heterocycles. The van der Waals surface area contributed by atoms with Gasteiger partial charge in [0.15, 0.2) is 0 Å². The molecule has 0 saturated heterocycles. The van der Waals surface area contributed by atoms with Crippen molar-refractivity contribution in [2.75, 3.05) is 13.1 Å². The van der Waals surface area contributed by atoms with Gasteiger partial charge < -0.3 is 15.7 Å². The Hall–Kier alpha value is -2.04. The summed E-state index contributed by atoms with van der Waals surface area (Å²) in [6.45, 7) is 0.812. The Morgan fingerprint density at radius 3 is 2.61 bits per heavy atom. The van der Waals surface area contributed by atoms with Crippen LogP contribution in [0.25, 0.3) is 0 Å². The largest absolute Gasteiger partial charge is 0.508 e. The normalized spacial score (nSPS) is 14.0. The van der Waals surface area contributed by atoms with Gasteiger partial charge in [-0.1, -0.05) is 6.07 Å². The summed E-state index contributed by atoms with van der Waals surface area (Å²) in [6, 6.07) is 6.14. The van der Waals surface area contributed by atoms with Gasteiger partial charge in [-0.3, -0.25) is 9.59 Å². The first-order valence-electron chi connectivity index (χ1n) is 6.02. The molecular formula is C13H16N2O3. The second-order valence-electron chi connectivity index (χ2n) is 4.37. The lowest BCUT2D eigenvalue weighted by molar-refractivity contribution is -0.122. The Morgan fingerprint density at radius 1 is 1.22 bits per heavy atom. The zero-order chi connectivity index (χ0) is 13.0. The predicted molar refractivity (Wildman–Crippen MR) is 66.2 cm³/mol. The number of amides is 2. The number of carbonyl (C=O) groups is 2. The van der Waals surface area contributed by atoms with E-state index < -0.39 is 0 Å². The molecule has 18 heavy (non-hydrogen) atoms. The molecule has 1 aromatic carbocycles. The highest BCUT2D eigenvalue weighted by molar-refractivity contribution is 5.94. The summed E-state index contributed by atoms with van der Waals surface area (Å²) in [5, 5.41) is 14.7. The lowest BCUT2D eigenvalue weighted by Gasteiger charge is -2.06. The molecule has 0 bridgehead atoms. The van der Waals surface area contributed by atoms with E-state index in [2.05, 4.69) is 10.6 Å². The van der Waals surface area contributed by atoms with Crippen molar-refractivity contribution in [2.45, 2.75) is 12.8 Å². The average molecular weight is 248 g/mol. The van der Waals surface area contributed by atoms with Gasteiger partial charge in [-0.2, -0.15) is 0 Å². The maximum atomic E-state index is 11.7. The van der Waals surface area contributed by atoms with Crippen molar-refractivity contribution >= 4 is 11.8 Å². The zero-order valence-corrected chi connectivity index (χ0v) is 9.98. The Kier molecular flexibility index (Phi) is 3.82. The van der Waals surface area contributed by atoms with Crippen molar-refractivity contribution in [3.8, 4) is 5.75 Å². The maximum Gasteiger partial charge on any atom is 0.251 e. The highest BCUT2D eigenvalue weighted by atomic mass is 16.3. The van der Waals surface area contributed by atoms with Crippen LogP contribution in [-0.4, -0.2) is 30.0 Å². The molecule has 2 amide bonds. The Bertz CT molecular complexity index is 455. The van der Waals surface area contributed by atoms with Crippen molar-refractivity contribution in [3.05, 3.63) is 29.8 Å². The standard InChI is InChI=1S/C13H16N2O3/c16-11-3-1-2-10(8-11)13(18)15-7-6-14-12(17)9-4-5-9/h1-3,8-9,16H,4-7H2,(H,14,17)(H,15,18). The smallest absolute Gasteiger partial charge is 0.251 e. The van der Waals surface area contributed by atoms with Gasteiger partial charge in [0.2, 0.25) is 5.91 Å². The number of hydrogen-bond acceptors (Lipinski definition) is 3. The SMILES string of the molecule is O=C(NCCNC(=O)C1CC1)c1cccc(O)c1. The van der Waals surface area contributed by atoms with E-state index in [1.807, 2.05) is 0 Å². The summed E-state index contributed by atoms with van der Waals surface area (Å²) in [4.78, 5) is 23.0. The molecule has 1 saturated carbocycles. The number of nitrogens with one attached hydrogen (secondary N) is 2. The van der Waals surface area contributed by atoms with Crippen molar-refractivity contribution in [3.63, 3.8) is 0 Å². The molecular weight excluding hydrogens is 232 g/mol. The fourth-order valence-corrected chi connectivity index (χ4v) is 1.60. The molecule has 96 valence electrons. The minimum atomic E-state index is -0.258. The number of aromatic hydroxyl groups is 1. The fraction of sp³-hybridized carbons (Fsp3) is 0.385. The predicted octanol–water partition coefficient (Wildman–Crippen LogP) is 0.648. The van der Waals surface area contributed by atoms with Gasteiger partial charge in [0.1, 0.15) is 5.75 Å². The molecule has 1 fully saturated rings. The van der Waals surface area contributed by atoms with Crippen LogP contribution in [0.5, 0.6) is 5.75 Å². The molecule has 2 rings (SSSR count). The van der Waals surface area contributed by atoms with E-state index in [1.54, 1.807) is 12.1 Å². The summed E-state index contributed by atoms with van der Waals surface area (Å²) in [5.74, 6) is 0.0598. The Labute approximate surface area is 105 Å².